The predicted octanol–water partition coefficient (Wildman–Crippen LogP) is 2.63. The van der Waals surface area contributed by atoms with Gasteiger partial charge in [-0.05, 0) is 67.8 Å². The highest BCUT2D eigenvalue weighted by molar-refractivity contribution is 5.27. The molecule has 3 fully saturated rings. The van der Waals surface area contributed by atoms with Crippen LogP contribution in [0.3, 0.4) is 0 Å². The lowest BCUT2D eigenvalue weighted by Gasteiger charge is -2.26. The van der Waals surface area contributed by atoms with Crippen LogP contribution in [0.25, 0.3) is 0 Å². The average Bonchev–Trinajstić information content (AvgIpc) is 3.18. The van der Waals surface area contributed by atoms with Crippen molar-refractivity contribution in [2.75, 3.05) is 59.2 Å². The summed E-state index contributed by atoms with van der Waals surface area (Å²) in [6.07, 6.45) is 5.36. The molecule has 3 atom stereocenters. The van der Waals surface area contributed by atoms with E-state index in [1.165, 1.54) is 64.0 Å². The Bertz CT molecular complexity index is 576. The molecule has 2 aliphatic heterocycles. The van der Waals surface area contributed by atoms with Crippen molar-refractivity contribution in [1.29, 1.82) is 0 Å². The summed E-state index contributed by atoms with van der Waals surface area (Å²) in [6.45, 7) is 9.58. The van der Waals surface area contributed by atoms with Gasteiger partial charge in [0.25, 0.3) is 0 Å². The molecule has 1 aliphatic carbocycles. The molecule has 0 bridgehead atoms. The SMILES string of the molecule is OCCOc1ccc(CN2C[C@@H]3[C@H](COCCCN4CCCCC4)[C@@H]3C2)cc1. The molecule has 1 saturated carbocycles. The van der Waals surface area contributed by atoms with Gasteiger partial charge in [0.05, 0.1) is 13.2 Å². The van der Waals surface area contributed by atoms with Gasteiger partial charge in [-0.25, -0.2) is 0 Å². The monoisotopic (exact) mass is 388 g/mol. The fraction of sp³-hybridized carbons (Fsp3) is 0.739. The van der Waals surface area contributed by atoms with Gasteiger partial charge in [-0.1, -0.05) is 18.6 Å². The van der Waals surface area contributed by atoms with Gasteiger partial charge in [-0.3, -0.25) is 4.90 Å². The van der Waals surface area contributed by atoms with Gasteiger partial charge in [-0.2, -0.15) is 0 Å². The van der Waals surface area contributed by atoms with E-state index in [2.05, 4.69) is 21.9 Å². The maximum atomic E-state index is 8.81. The highest BCUT2D eigenvalue weighted by Gasteiger charge is 2.55. The maximum Gasteiger partial charge on any atom is 0.119 e. The number of nitrogens with zero attached hydrogens (tertiary/aromatic N) is 2. The molecular formula is C23H36N2O3. The van der Waals surface area contributed by atoms with Crippen molar-refractivity contribution >= 4 is 0 Å². The number of likely N-dealkylation sites (tertiary alicyclic amines) is 2. The minimum atomic E-state index is 0.0572. The second-order valence-corrected chi connectivity index (χ2v) is 8.73. The van der Waals surface area contributed by atoms with E-state index in [-0.39, 0.29) is 6.61 Å². The molecule has 0 radical (unpaired) electrons. The average molecular weight is 389 g/mol. The molecule has 1 N–H and O–H groups in total. The van der Waals surface area contributed by atoms with Gasteiger partial charge in [0.1, 0.15) is 12.4 Å². The third kappa shape index (κ3) is 5.47. The van der Waals surface area contributed by atoms with Crippen LogP contribution in [0.15, 0.2) is 24.3 Å². The lowest BCUT2D eigenvalue weighted by Crippen LogP contribution is -2.31. The molecule has 28 heavy (non-hydrogen) atoms. The van der Waals surface area contributed by atoms with Crippen LogP contribution in [-0.4, -0.2) is 74.1 Å². The molecule has 4 rings (SSSR count). The second-order valence-electron chi connectivity index (χ2n) is 8.73. The smallest absolute Gasteiger partial charge is 0.119 e. The minimum absolute atomic E-state index is 0.0572. The Hall–Kier alpha value is -1.14. The van der Waals surface area contributed by atoms with E-state index in [4.69, 9.17) is 14.6 Å². The summed E-state index contributed by atoms with van der Waals surface area (Å²) in [5.41, 5.74) is 1.34. The van der Waals surface area contributed by atoms with Crippen molar-refractivity contribution < 1.29 is 14.6 Å². The van der Waals surface area contributed by atoms with Crippen LogP contribution in [-0.2, 0) is 11.3 Å². The van der Waals surface area contributed by atoms with Crippen molar-refractivity contribution in [3.05, 3.63) is 29.8 Å². The van der Waals surface area contributed by atoms with Crippen LogP contribution in [0.4, 0.5) is 0 Å². The Morgan fingerprint density at radius 2 is 1.68 bits per heavy atom. The van der Waals surface area contributed by atoms with E-state index in [1.54, 1.807) is 0 Å². The molecule has 0 unspecified atom stereocenters. The molecule has 0 spiro atoms. The van der Waals surface area contributed by atoms with E-state index in [1.807, 2.05) is 12.1 Å². The lowest BCUT2D eigenvalue weighted by molar-refractivity contribution is 0.0967. The van der Waals surface area contributed by atoms with E-state index >= 15 is 0 Å². The van der Waals surface area contributed by atoms with Crippen LogP contribution in [0.2, 0.25) is 0 Å². The first-order valence-electron chi connectivity index (χ1n) is 11.2. The normalized spacial score (nSPS) is 27.7. The number of fused-ring (bicyclic) bond motifs is 1. The number of aliphatic hydroxyl groups is 1. The predicted molar refractivity (Wildman–Crippen MR) is 110 cm³/mol. The molecule has 156 valence electrons. The molecular weight excluding hydrogens is 352 g/mol. The van der Waals surface area contributed by atoms with Crippen molar-refractivity contribution in [2.45, 2.75) is 32.2 Å². The van der Waals surface area contributed by atoms with Crippen molar-refractivity contribution in [1.82, 2.24) is 9.80 Å². The molecule has 0 aromatic heterocycles. The molecule has 5 nitrogen and oxygen atoms in total. The van der Waals surface area contributed by atoms with E-state index in [9.17, 15) is 0 Å². The molecule has 2 saturated heterocycles. The van der Waals surface area contributed by atoms with Crippen LogP contribution in [0.1, 0.15) is 31.2 Å². The standard InChI is InChI=1S/C23H36N2O3/c26-12-14-28-20-7-5-19(6-8-20)15-25-16-21-22(17-25)23(21)18-27-13-4-11-24-9-2-1-3-10-24/h5-8,21-23,26H,1-4,9-18H2/t21-,22+,23-. The number of piperidine rings is 2. The van der Waals surface area contributed by atoms with E-state index < -0.39 is 0 Å². The van der Waals surface area contributed by atoms with Gasteiger partial charge in [0.2, 0.25) is 0 Å². The second kappa shape index (κ2) is 10.1. The first-order valence-corrected chi connectivity index (χ1v) is 11.2. The van der Waals surface area contributed by atoms with Crippen LogP contribution >= 0.6 is 0 Å². The summed E-state index contributed by atoms with van der Waals surface area (Å²) in [5, 5.41) is 8.81. The zero-order valence-electron chi connectivity index (χ0n) is 17.1. The molecule has 5 heteroatoms. The van der Waals surface area contributed by atoms with Gasteiger partial charge < -0.3 is 19.5 Å². The minimum Gasteiger partial charge on any atom is -0.491 e. The van der Waals surface area contributed by atoms with Crippen molar-refractivity contribution in [3.8, 4) is 5.75 Å². The Balaban J connectivity index is 1.07. The molecule has 0 amide bonds. The highest BCUT2D eigenvalue weighted by Crippen LogP contribution is 2.52. The van der Waals surface area contributed by atoms with Crippen LogP contribution < -0.4 is 4.74 Å². The zero-order chi connectivity index (χ0) is 19.2. The lowest BCUT2D eigenvalue weighted by atomic mass is 10.1. The number of benzene rings is 1. The number of rotatable bonds is 11. The van der Waals surface area contributed by atoms with E-state index in [0.717, 1.165) is 43.3 Å². The third-order valence-electron chi connectivity index (χ3n) is 6.66. The molecule has 2 heterocycles. The number of hydrogen-bond donors (Lipinski definition) is 1. The Morgan fingerprint density at radius 3 is 2.39 bits per heavy atom. The summed E-state index contributed by atoms with van der Waals surface area (Å²) in [4.78, 5) is 5.17. The zero-order valence-corrected chi connectivity index (χ0v) is 17.1. The van der Waals surface area contributed by atoms with Crippen molar-refractivity contribution in [3.63, 3.8) is 0 Å². The Labute approximate surface area is 169 Å². The molecule has 1 aromatic rings. The Morgan fingerprint density at radius 1 is 0.929 bits per heavy atom. The third-order valence-corrected chi connectivity index (χ3v) is 6.66. The highest BCUT2D eigenvalue weighted by atomic mass is 16.5. The summed E-state index contributed by atoms with van der Waals surface area (Å²) in [6, 6.07) is 8.28. The fourth-order valence-corrected chi connectivity index (χ4v) is 5.02. The summed E-state index contributed by atoms with van der Waals surface area (Å²) >= 11 is 0. The van der Waals surface area contributed by atoms with Gasteiger partial charge in [0.15, 0.2) is 0 Å². The molecule has 1 aromatic carbocycles. The number of hydrogen-bond acceptors (Lipinski definition) is 5. The van der Waals surface area contributed by atoms with Gasteiger partial charge in [0, 0.05) is 32.8 Å². The Kier molecular flexibility index (Phi) is 7.24. The van der Waals surface area contributed by atoms with Gasteiger partial charge >= 0.3 is 0 Å². The molecule has 3 aliphatic rings. The van der Waals surface area contributed by atoms with Crippen LogP contribution in [0, 0.1) is 17.8 Å². The number of ether oxygens (including phenoxy) is 2. The summed E-state index contributed by atoms with van der Waals surface area (Å²) in [7, 11) is 0. The topological polar surface area (TPSA) is 45.2 Å². The summed E-state index contributed by atoms with van der Waals surface area (Å²) in [5.74, 6) is 3.35. The first kappa shape index (κ1) is 20.1. The first-order chi connectivity index (χ1) is 13.8. The largest absolute Gasteiger partial charge is 0.491 e. The van der Waals surface area contributed by atoms with Crippen molar-refractivity contribution in [2.24, 2.45) is 17.8 Å². The number of aliphatic hydroxyl groups excluding tert-OH is 1. The van der Waals surface area contributed by atoms with Gasteiger partial charge in [-0.15, -0.1) is 0 Å². The quantitative estimate of drug-likeness (QED) is 0.591. The van der Waals surface area contributed by atoms with E-state index in [0.29, 0.717) is 6.61 Å². The fourth-order valence-electron chi connectivity index (χ4n) is 5.02. The summed E-state index contributed by atoms with van der Waals surface area (Å²) < 4.78 is 11.4. The maximum absolute atomic E-state index is 8.81. The van der Waals surface area contributed by atoms with Crippen LogP contribution in [0.5, 0.6) is 5.75 Å².